The first-order chi connectivity index (χ1) is 10.4. The van der Waals surface area contributed by atoms with Crippen LogP contribution in [0.2, 0.25) is 10.0 Å². The Morgan fingerprint density at radius 2 is 2.00 bits per heavy atom. The molecule has 1 atom stereocenters. The van der Waals surface area contributed by atoms with Crippen LogP contribution in [0, 0.1) is 12.7 Å². The molecule has 0 aromatic heterocycles. The maximum absolute atomic E-state index is 13.8. The standard InChI is InChI=1S/C16H14Cl2FNO2/c1-9-8-11(17)6-7-14(9)22-10(2)16(21)20-13-5-3-4-12(18)15(13)19/h3-8,10H,1-2H3,(H,20,21). The van der Waals surface area contributed by atoms with Crippen LogP contribution < -0.4 is 10.1 Å². The Kier molecular flexibility index (Phi) is 5.27. The van der Waals surface area contributed by atoms with Crippen LogP contribution in [0.3, 0.4) is 0 Å². The number of halogens is 3. The zero-order valence-electron chi connectivity index (χ0n) is 12.0. The third-order valence-electron chi connectivity index (χ3n) is 3.02. The first kappa shape index (κ1) is 16.6. The Labute approximate surface area is 138 Å². The van der Waals surface area contributed by atoms with E-state index >= 15 is 0 Å². The van der Waals surface area contributed by atoms with Gasteiger partial charge in [-0.05, 0) is 49.7 Å². The van der Waals surface area contributed by atoms with Crippen LogP contribution in [0.25, 0.3) is 0 Å². The summed E-state index contributed by atoms with van der Waals surface area (Å²) in [4.78, 5) is 12.1. The fraction of sp³-hybridized carbons (Fsp3) is 0.188. The second kappa shape index (κ2) is 6.99. The SMILES string of the molecule is Cc1cc(Cl)ccc1OC(C)C(=O)Nc1cccc(Cl)c1F. The maximum Gasteiger partial charge on any atom is 0.265 e. The number of nitrogens with one attached hydrogen (secondary N) is 1. The molecule has 116 valence electrons. The summed E-state index contributed by atoms with van der Waals surface area (Å²) in [6.45, 7) is 3.40. The first-order valence-corrected chi connectivity index (χ1v) is 7.31. The molecule has 1 N–H and O–H groups in total. The molecule has 2 aromatic carbocycles. The van der Waals surface area contributed by atoms with Gasteiger partial charge in [-0.1, -0.05) is 29.3 Å². The molecule has 0 aliphatic carbocycles. The second-order valence-electron chi connectivity index (χ2n) is 4.76. The van der Waals surface area contributed by atoms with Crippen molar-refractivity contribution in [1.29, 1.82) is 0 Å². The van der Waals surface area contributed by atoms with Crippen molar-refractivity contribution in [2.75, 3.05) is 5.32 Å². The maximum atomic E-state index is 13.8. The summed E-state index contributed by atoms with van der Waals surface area (Å²) in [5, 5.41) is 2.98. The predicted octanol–water partition coefficient (Wildman–Crippen LogP) is 4.85. The lowest BCUT2D eigenvalue weighted by atomic mass is 10.2. The van der Waals surface area contributed by atoms with Gasteiger partial charge >= 0.3 is 0 Å². The first-order valence-electron chi connectivity index (χ1n) is 6.56. The number of rotatable bonds is 4. The summed E-state index contributed by atoms with van der Waals surface area (Å²) in [7, 11) is 0. The van der Waals surface area contributed by atoms with Crippen molar-refractivity contribution in [2.24, 2.45) is 0 Å². The number of ether oxygens (including phenoxy) is 1. The molecule has 22 heavy (non-hydrogen) atoms. The van der Waals surface area contributed by atoms with Crippen LogP contribution in [-0.2, 0) is 4.79 Å². The molecule has 3 nitrogen and oxygen atoms in total. The number of anilines is 1. The van der Waals surface area contributed by atoms with Crippen LogP contribution in [0.5, 0.6) is 5.75 Å². The highest BCUT2D eigenvalue weighted by Gasteiger charge is 2.18. The zero-order valence-corrected chi connectivity index (χ0v) is 13.5. The number of carbonyl (C=O) groups is 1. The smallest absolute Gasteiger partial charge is 0.265 e. The van der Waals surface area contributed by atoms with E-state index in [9.17, 15) is 9.18 Å². The van der Waals surface area contributed by atoms with Crippen LogP contribution >= 0.6 is 23.2 Å². The molecule has 0 spiro atoms. The highest BCUT2D eigenvalue weighted by atomic mass is 35.5. The topological polar surface area (TPSA) is 38.3 Å². The lowest BCUT2D eigenvalue weighted by Gasteiger charge is -2.16. The summed E-state index contributed by atoms with van der Waals surface area (Å²) < 4.78 is 19.3. The Morgan fingerprint density at radius 3 is 2.68 bits per heavy atom. The van der Waals surface area contributed by atoms with Gasteiger partial charge in [0.25, 0.3) is 5.91 Å². The van der Waals surface area contributed by atoms with Crippen molar-refractivity contribution < 1.29 is 13.9 Å². The van der Waals surface area contributed by atoms with Gasteiger partial charge in [-0.25, -0.2) is 4.39 Å². The molecule has 1 unspecified atom stereocenters. The van der Waals surface area contributed by atoms with Gasteiger partial charge in [0.05, 0.1) is 10.7 Å². The van der Waals surface area contributed by atoms with Crippen LogP contribution in [0.1, 0.15) is 12.5 Å². The minimum atomic E-state index is -0.807. The van der Waals surface area contributed by atoms with Gasteiger partial charge in [0, 0.05) is 5.02 Å². The number of hydrogen-bond acceptors (Lipinski definition) is 2. The molecule has 0 aliphatic rings. The van der Waals surface area contributed by atoms with E-state index in [0.29, 0.717) is 10.8 Å². The van der Waals surface area contributed by atoms with Gasteiger partial charge in [-0.3, -0.25) is 4.79 Å². The summed E-state index contributed by atoms with van der Waals surface area (Å²) in [6.07, 6.45) is -0.807. The van der Waals surface area contributed by atoms with Gasteiger partial charge in [0.1, 0.15) is 5.75 Å². The Hall–Kier alpha value is -1.78. The quantitative estimate of drug-likeness (QED) is 0.863. The second-order valence-corrected chi connectivity index (χ2v) is 5.60. The predicted molar refractivity (Wildman–Crippen MR) is 86.3 cm³/mol. The summed E-state index contributed by atoms with van der Waals surface area (Å²) in [6, 6.07) is 9.48. The van der Waals surface area contributed by atoms with Crippen LogP contribution in [0.15, 0.2) is 36.4 Å². The van der Waals surface area contributed by atoms with Crippen molar-refractivity contribution in [3.05, 3.63) is 57.8 Å². The minimum absolute atomic E-state index is 0.0146. The van der Waals surface area contributed by atoms with E-state index < -0.39 is 17.8 Å². The molecule has 0 saturated heterocycles. The highest BCUT2D eigenvalue weighted by molar-refractivity contribution is 6.31. The van der Waals surface area contributed by atoms with E-state index in [4.69, 9.17) is 27.9 Å². The van der Waals surface area contributed by atoms with Crippen molar-refractivity contribution >= 4 is 34.8 Å². The number of carbonyl (C=O) groups excluding carboxylic acids is 1. The van der Waals surface area contributed by atoms with Crippen LogP contribution in [0.4, 0.5) is 10.1 Å². The Balaban J connectivity index is 2.07. The van der Waals surface area contributed by atoms with E-state index in [2.05, 4.69) is 5.32 Å². The molecule has 0 saturated carbocycles. The Morgan fingerprint density at radius 1 is 1.27 bits per heavy atom. The third kappa shape index (κ3) is 3.90. The van der Waals surface area contributed by atoms with Crippen LogP contribution in [-0.4, -0.2) is 12.0 Å². The van der Waals surface area contributed by atoms with Gasteiger partial charge in [0.2, 0.25) is 0 Å². The normalized spacial score (nSPS) is 11.9. The third-order valence-corrected chi connectivity index (χ3v) is 3.55. The van der Waals surface area contributed by atoms with Gasteiger partial charge < -0.3 is 10.1 Å². The lowest BCUT2D eigenvalue weighted by molar-refractivity contribution is -0.122. The molecule has 0 bridgehead atoms. The van der Waals surface area contributed by atoms with E-state index in [-0.39, 0.29) is 10.7 Å². The van der Waals surface area contributed by atoms with Crippen molar-refractivity contribution in [3.63, 3.8) is 0 Å². The number of hydrogen-bond donors (Lipinski definition) is 1. The molecular weight excluding hydrogens is 328 g/mol. The number of benzene rings is 2. The average molecular weight is 342 g/mol. The fourth-order valence-electron chi connectivity index (χ4n) is 1.82. The monoisotopic (exact) mass is 341 g/mol. The van der Waals surface area contributed by atoms with E-state index in [0.717, 1.165) is 5.56 Å². The highest BCUT2D eigenvalue weighted by Crippen LogP contribution is 2.24. The number of amides is 1. The van der Waals surface area contributed by atoms with E-state index in [1.807, 2.05) is 6.92 Å². The lowest BCUT2D eigenvalue weighted by Crippen LogP contribution is -2.30. The number of aryl methyl sites for hydroxylation is 1. The average Bonchev–Trinajstić information content (AvgIpc) is 2.46. The molecule has 2 rings (SSSR count). The fourth-order valence-corrected chi connectivity index (χ4v) is 2.22. The van der Waals surface area contributed by atoms with Gasteiger partial charge in [-0.2, -0.15) is 0 Å². The van der Waals surface area contributed by atoms with Gasteiger partial charge in [0.15, 0.2) is 11.9 Å². The molecule has 6 heteroatoms. The summed E-state index contributed by atoms with van der Waals surface area (Å²) >= 11 is 11.5. The molecule has 0 radical (unpaired) electrons. The van der Waals surface area contributed by atoms with Crippen molar-refractivity contribution in [1.82, 2.24) is 0 Å². The molecule has 0 fully saturated rings. The Bertz CT molecular complexity index is 707. The van der Waals surface area contributed by atoms with E-state index in [1.54, 1.807) is 31.2 Å². The van der Waals surface area contributed by atoms with Crippen molar-refractivity contribution in [3.8, 4) is 5.75 Å². The molecule has 1 amide bonds. The molecule has 0 heterocycles. The van der Waals surface area contributed by atoms with E-state index in [1.165, 1.54) is 12.1 Å². The molecule has 2 aromatic rings. The summed E-state index contributed by atoms with van der Waals surface area (Å²) in [5.41, 5.74) is 0.821. The van der Waals surface area contributed by atoms with Gasteiger partial charge in [-0.15, -0.1) is 0 Å². The summed E-state index contributed by atoms with van der Waals surface area (Å²) in [5.74, 6) is -0.610. The minimum Gasteiger partial charge on any atom is -0.481 e. The largest absolute Gasteiger partial charge is 0.481 e. The molecular formula is C16H14Cl2FNO2. The van der Waals surface area contributed by atoms with Crippen molar-refractivity contribution in [2.45, 2.75) is 20.0 Å². The molecule has 0 aliphatic heterocycles. The zero-order chi connectivity index (χ0) is 16.3.